The lowest BCUT2D eigenvalue weighted by Crippen LogP contribution is -2.64. The van der Waals surface area contributed by atoms with Crippen LogP contribution in [0.25, 0.3) is 0 Å². The molecule has 2 fully saturated rings. The minimum Gasteiger partial charge on any atom is -0.380 e. The molecule has 1 atom stereocenters. The van der Waals surface area contributed by atoms with Gasteiger partial charge >= 0.3 is 0 Å². The fourth-order valence-electron chi connectivity index (χ4n) is 3.53. The van der Waals surface area contributed by atoms with E-state index in [0.717, 1.165) is 37.6 Å². The molecule has 0 amide bonds. The van der Waals surface area contributed by atoms with Crippen LogP contribution in [0, 0.1) is 11.8 Å². The van der Waals surface area contributed by atoms with Crippen molar-refractivity contribution in [3.05, 3.63) is 0 Å². The number of nitrogens with zero attached hydrogens (tertiary/aromatic N) is 1. The van der Waals surface area contributed by atoms with Gasteiger partial charge in [0, 0.05) is 37.8 Å². The maximum atomic E-state index is 5.87. The summed E-state index contributed by atoms with van der Waals surface area (Å²) in [5.41, 5.74) is 0.337. The van der Waals surface area contributed by atoms with Crippen molar-refractivity contribution in [1.82, 2.24) is 10.2 Å². The molecule has 1 N–H and O–H groups in total. The molecule has 0 aromatic heterocycles. The predicted molar refractivity (Wildman–Crippen MR) is 89.7 cm³/mol. The van der Waals surface area contributed by atoms with Gasteiger partial charge in [-0.05, 0) is 43.9 Å². The molecule has 0 aromatic rings. The van der Waals surface area contributed by atoms with Crippen molar-refractivity contribution in [3.8, 4) is 0 Å². The Hall–Kier alpha value is -0.120. The number of hydrogen-bond acceptors (Lipinski definition) is 3. The van der Waals surface area contributed by atoms with Crippen LogP contribution in [0.3, 0.4) is 0 Å². The van der Waals surface area contributed by atoms with Crippen LogP contribution in [0.5, 0.6) is 0 Å². The van der Waals surface area contributed by atoms with Gasteiger partial charge in [-0.2, -0.15) is 0 Å². The molecule has 124 valence electrons. The van der Waals surface area contributed by atoms with Crippen LogP contribution in [0.4, 0.5) is 0 Å². The van der Waals surface area contributed by atoms with E-state index in [1.807, 2.05) is 0 Å². The van der Waals surface area contributed by atoms with Crippen molar-refractivity contribution in [2.24, 2.45) is 11.8 Å². The fraction of sp³-hybridized carbons (Fsp3) is 1.00. The zero-order chi connectivity index (χ0) is 15.3. The van der Waals surface area contributed by atoms with E-state index in [0.29, 0.717) is 5.54 Å². The first kappa shape index (κ1) is 17.2. The number of piperazine rings is 1. The van der Waals surface area contributed by atoms with Crippen molar-refractivity contribution in [1.29, 1.82) is 0 Å². The quantitative estimate of drug-likeness (QED) is 0.661. The van der Waals surface area contributed by atoms with Gasteiger partial charge in [-0.15, -0.1) is 0 Å². The minimum absolute atomic E-state index is 0.337. The lowest BCUT2D eigenvalue weighted by molar-refractivity contribution is 0.0281. The maximum Gasteiger partial charge on any atom is 0.0593 e. The van der Waals surface area contributed by atoms with Gasteiger partial charge in [0.1, 0.15) is 0 Å². The van der Waals surface area contributed by atoms with Crippen molar-refractivity contribution in [3.63, 3.8) is 0 Å². The SMILES string of the molecule is CCC1(CC)CN(CCOCCC(C)C)C(C2CC2)CN1. The highest BCUT2D eigenvalue weighted by Crippen LogP contribution is 2.38. The van der Waals surface area contributed by atoms with Crippen LogP contribution in [0.15, 0.2) is 0 Å². The Kier molecular flexibility index (Phi) is 6.51. The second-order valence-electron chi connectivity index (χ2n) is 7.54. The molecule has 1 saturated heterocycles. The van der Waals surface area contributed by atoms with Crippen molar-refractivity contribution >= 4 is 0 Å². The number of hydrogen-bond donors (Lipinski definition) is 1. The van der Waals surface area contributed by atoms with Gasteiger partial charge in [0.05, 0.1) is 6.61 Å². The summed E-state index contributed by atoms with van der Waals surface area (Å²) in [4.78, 5) is 2.73. The van der Waals surface area contributed by atoms with Crippen molar-refractivity contribution < 1.29 is 4.74 Å². The average molecular weight is 296 g/mol. The van der Waals surface area contributed by atoms with Gasteiger partial charge in [-0.25, -0.2) is 0 Å². The Balaban J connectivity index is 1.80. The highest BCUT2D eigenvalue weighted by molar-refractivity contribution is 5.01. The van der Waals surface area contributed by atoms with Gasteiger partial charge < -0.3 is 10.1 Å². The van der Waals surface area contributed by atoms with E-state index in [-0.39, 0.29) is 0 Å². The van der Waals surface area contributed by atoms with E-state index in [9.17, 15) is 0 Å². The molecule has 2 aliphatic rings. The van der Waals surface area contributed by atoms with E-state index in [2.05, 4.69) is 37.9 Å². The van der Waals surface area contributed by atoms with Gasteiger partial charge in [0.15, 0.2) is 0 Å². The molecule has 0 spiro atoms. The highest BCUT2D eigenvalue weighted by atomic mass is 16.5. The van der Waals surface area contributed by atoms with Crippen LogP contribution in [-0.4, -0.2) is 49.3 Å². The molecule has 0 bridgehead atoms. The third-order valence-corrected chi connectivity index (χ3v) is 5.54. The molecule has 21 heavy (non-hydrogen) atoms. The van der Waals surface area contributed by atoms with Gasteiger partial charge in [0.25, 0.3) is 0 Å². The summed E-state index contributed by atoms with van der Waals surface area (Å²) in [5, 5.41) is 3.87. The first-order valence-electron chi connectivity index (χ1n) is 9.17. The van der Waals surface area contributed by atoms with Crippen molar-refractivity contribution in [2.45, 2.75) is 71.4 Å². The fourth-order valence-corrected chi connectivity index (χ4v) is 3.53. The first-order chi connectivity index (χ1) is 10.1. The van der Waals surface area contributed by atoms with E-state index in [4.69, 9.17) is 4.74 Å². The smallest absolute Gasteiger partial charge is 0.0593 e. The molecule has 2 rings (SSSR count). The molecule has 0 radical (unpaired) electrons. The zero-order valence-corrected chi connectivity index (χ0v) is 14.7. The third kappa shape index (κ3) is 4.94. The summed E-state index contributed by atoms with van der Waals surface area (Å²) in [6.07, 6.45) is 6.50. The monoisotopic (exact) mass is 296 g/mol. The number of nitrogens with one attached hydrogen (secondary N) is 1. The lowest BCUT2D eigenvalue weighted by atomic mass is 9.87. The van der Waals surface area contributed by atoms with Crippen molar-refractivity contribution in [2.75, 3.05) is 32.8 Å². The summed E-state index contributed by atoms with van der Waals surface area (Å²) in [7, 11) is 0. The Labute approximate surface area is 131 Å². The predicted octanol–water partition coefficient (Wildman–Crippen LogP) is 3.29. The molecule has 3 nitrogen and oxygen atoms in total. The Morgan fingerprint density at radius 3 is 2.48 bits per heavy atom. The molecule has 1 saturated carbocycles. The van der Waals surface area contributed by atoms with Crippen LogP contribution >= 0.6 is 0 Å². The van der Waals surface area contributed by atoms with E-state index in [1.54, 1.807) is 0 Å². The molecule has 1 aliphatic heterocycles. The number of ether oxygens (including phenoxy) is 1. The van der Waals surface area contributed by atoms with Crippen LogP contribution in [0.1, 0.15) is 59.8 Å². The van der Waals surface area contributed by atoms with Crippen LogP contribution in [0.2, 0.25) is 0 Å². The largest absolute Gasteiger partial charge is 0.380 e. The Morgan fingerprint density at radius 1 is 1.19 bits per heavy atom. The summed E-state index contributed by atoms with van der Waals surface area (Å²) < 4.78 is 5.87. The molecule has 1 aliphatic carbocycles. The third-order valence-electron chi connectivity index (χ3n) is 5.54. The van der Waals surface area contributed by atoms with E-state index in [1.165, 1.54) is 45.2 Å². The normalized spacial score (nSPS) is 26.4. The average Bonchev–Trinajstić information content (AvgIpc) is 3.31. The molecular formula is C18H36N2O. The van der Waals surface area contributed by atoms with Crippen LogP contribution in [-0.2, 0) is 4.74 Å². The van der Waals surface area contributed by atoms with Crippen LogP contribution < -0.4 is 5.32 Å². The minimum atomic E-state index is 0.337. The molecule has 3 heteroatoms. The van der Waals surface area contributed by atoms with Gasteiger partial charge in [-0.3, -0.25) is 4.90 Å². The molecule has 0 aromatic carbocycles. The highest BCUT2D eigenvalue weighted by Gasteiger charge is 2.42. The van der Waals surface area contributed by atoms with Gasteiger partial charge in [0.2, 0.25) is 0 Å². The zero-order valence-electron chi connectivity index (χ0n) is 14.7. The Morgan fingerprint density at radius 2 is 1.90 bits per heavy atom. The van der Waals surface area contributed by atoms with E-state index < -0.39 is 0 Å². The second-order valence-corrected chi connectivity index (χ2v) is 7.54. The van der Waals surface area contributed by atoms with E-state index >= 15 is 0 Å². The lowest BCUT2D eigenvalue weighted by Gasteiger charge is -2.48. The second kappa shape index (κ2) is 7.94. The molecular weight excluding hydrogens is 260 g/mol. The first-order valence-corrected chi connectivity index (χ1v) is 9.17. The molecule has 1 unspecified atom stereocenters. The standard InChI is InChI=1S/C18H36N2O/c1-5-18(6-2)14-20(10-12-21-11-9-15(3)4)17(13-19-18)16-7-8-16/h15-17,19H,5-14H2,1-4H3. The summed E-state index contributed by atoms with van der Waals surface area (Å²) in [5.74, 6) is 1.69. The van der Waals surface area contributed by atoms with Gasteiger partial charge in [-0.1, -0.05) is 27.7 Å². The summed E-state index contributed by atoms with van der Waals surface area (Å²) in [6.45, 7) is 14.5. The molecule has 1 heterocycles. The maximum absolute atomic E-state index is 5.87. The summed E-state index contributed by atoms with van der Waals surface area (Å²) in [6, 6.07) is 0.755. The topological polar surface area (TPSA) is 24.5 Å². The Bertz CT molecular complexity index is 298. The number of rotatable bonds is 9. The summed E-state index contributed by atoms with van der Waals surface area (Å²) >= 11 is 0.